The van der Waals surface area contributed by atoms with Gasteiger partial charge in [-0.25, -0.2) is 4.85 Å². The van der Waals surface area contributed by atoms with E-state index in [9.17, 15) is 19.5 Å². The highest BCUT2D eigenvalue weighted by Gasteiger charge is 2.39. The number of nitrogens with one attached hydrogen (secondary N) is 1. The van der Waals surface area contributed by atoms with Crippen molar-refractivity contribution in [3.8, 4) is 0 Å². The number of morpholine rings is 1. The number of ether oxygens (including phenoxy) is 2. The maximum Gasteiger partial charge on any atom is 0.310 e. The van der Waals surface area contributed by atoms with Crippen molar-refractivity contribution in [3.63, 3.8) is 0 Å². The molecule has 2 N–H and O–H groups in total. The maximum atomic E-state index is 13.2. The molecule has 0 aliphatic carbocycles. The van der Waals surface area contributed by atoms with Gasteiger partial charge in [-0.3, -0.25) is 14.4 Å². The molecule has 0 saturated carbocycles. The zero-order valence-corrected chi connectivity index (χ0v) is 21.5. The highest BCUT2D eigenvalue weighted by molar-refractivity contribution is 6.04. The van der Waals surface area contributed by atoms with Gasteiger partial charge >= 0.3 is 5.97 Å². The Hall–Kier alpha value is -4.52. The van der Waals surface area contributed by atoms with Gasteiger partial charge in [0.2, 0.25) is 0 Å². The van der Waals surface area contributed by atoms with E-state index in [1.165, 1.54) is 4.90 Å². The van der Waals surface area contributed by atoms with Crippen molar-refractivity contribution in [1.82, 2.24) is 0 Å². The summed E-state index contributed by atoms with van der Waals surface area (Å²) in [7, 11) is 0. The van der Waals surface area contributed by atoms with Crippen LogP contribution in [0.1, 0.15) is 23.6 Å². The Kier molecular flexibility index (Phi) is 9.05. The summed E-state index contributed by atoms with van der Waals surface area (Å²) in [6.07, 6.45) is -2.51. The van der Waals surface area contributed by atoms with Crippen LogP contribution in [0.2, 0.25) is 0 Å². The second-order valence-electron chi connectivity index (χ2n) is 9.02. The number of carbonyl (C=O) groups excluding carboxylic acids is 3. The lowest BCUT2D eigenvalue weighted by molar-refractivity contribution is -0.150. The third kappa shape index (κ3) is 6.87. The van der Waals surface area contributed by atoms with Crippen LogP contribution >= 0.6 is 0 Å². The van der Waals surface area contributed by atoms with Gasteiger partial charge in [-0.15, -0.1) is 0 Å². The highest BCUT2D eigenvalue weighted by Crippen LogP contribution is 2.25. The van der Waals surface area contributed by atoms with Crippen LogP contribution in [0, 0.1) is 6.57 Å². The molecule has 3 aromatic carbocycles. The Morgan fingerprint density at radius 3 is 2.64 bits per heavy atom. The largest absolute Gasteiger partial charge is 0.461 e. The fourth-order valence-corrected chi connectivity index (χ4v) is 4.29. The van der Waals surface area contributed by atoms with E-state index in [0.29, 0.717) is 29.0 Å². The van der Waals surface area contributed by atoms with Crippen LogP contribution in [0.3, 0.4) is 0 Å². The lowest BCUT2D eigenvalue weighted by Crippen LogP contribution is -2.55. The first-order chi connectivity index (χ1) is 18.9. The van der Waals surface area contributed by atoms with Crippen molar-refractivity contribution in [3.05, 3.63) is 101 Å². The van der Waals surface area contributed by atoms with E-state index in [0.717, 1.165) is 11.1 Å². The molecule has 3 aromatic rings. The second kappa shape index (κ2) is 12.8. The standard InChI is InChI=1S/C30H29N3O6/c1-3-22-18-23(12-13-25(22)31-2)32-29(36)27(35)28-30(37)33(14-15-38-28)24-11-7-10-21(16-24)17-26(34)39-19-20-8-5-4-6-9-20/h4-13,16,18,27-28,35H,3,14-15,17,19H2,1H3,(H,32,36)/t27-,28-/m1/s1. The number of aliphatic hydroxyl groups excluding tert-OH is 1. The normalized spacial score (nSPS) is 15.8. The Bertz CT molecular complexity index is 1380. The number of rotatable bonds is 9. The molecule has 1 fully saturated rings. The Morgan fingerprint density at radius 2 is 1.90 bits per heavy atom. The zero-order chi connectivity index (χ0) is 27.8. The molecule has 39 heavy (non-hydrogen) atoms. The molecule has 2 atom stereocenters. The number of benzene rings is 3. The predicted octanol–water partition coefficient (Wildman–Crippen LogP) is 3.82. The summed E-state index contributed by atoms with van der Waals surface area (Å²) in [5, 5.41) is 13.3. The van der Waals surface area contributed by atoms with Crippen LogP contribution in [-0.4, -0.2) is 48.2 Å². The summed E-state index contributed by atoms with van der Waals surface area (Å²) >= 11 is 0. The van der Waals surface area contributed by atoms with Gasteiger partial charge in [-0.2, -0.15) is 0 Å². The Labute approximate surface area is 226 Å². The van der Waals surface area contributed by atoms with E-state index in [1.54, 1.807) is 42.5 Å². The zero-order valence-electron chi connectivity index (χ0n) is 21.5. The minimum atomic E-state index is -1.75. The van der Waals surface area contributed by atoms with Gasteiger partial charge in [-0.1, -0.05) is 55.5 Å². The Morgan fingerprint density at radius 1 is 1.13 bits per heavy atom. The van der Waals surface area contributed by atoms with E-state index < -0.39 is 30.0 Å². The van der Waals surface area contributed by atoms with E-state index in [1.807, 2.05) is 37.3 Å². The highest BCUT2D eigenvalue weighted by atomic mass is 16.5. The number of anilines is 2. The number of aryl methyl sites for hydroxylation is 1. The number of carbonyl (C=O) groups is 3. The third-order valence-corrected chi connectivity index (χ3v) is 6.34. The Balaban J connectivity index is 1.39. The molecule has 1 aliphatic rings. The van der Waals surface area contributed by atoms with E-state index >= 15 is 0 Å². The van der Waals surface area contributed by atoms with Crippen LogP contribution in [-0.2, 0) is 43.3 Å². The van der Waals surface area contributed by atoms with Gasteiger partial charge in [0.15, 0.2) is 17.9 Å². The fourth-order valence-electron chi connectivity index (χ4n) is 4.29. The monoisotopic (exact) mass is 527 g/mol. The molecule has 9 heteroatoms. The first-order valence-electron chi connectivity index (χ1n) is 12.6. The van der Waals surface area contributed by atoms with Gasteiger partial charge in [0, 0.05) is 17.9 Å². The van der Waals surface area contributed by atoms with Crippen LogP contribution in [0.25, 0.3) is 4.85 Å². The molecule has 9 nitrogen and oxygen atoms in total. The molecular formula is C30H29N3O6. The summed E-state index contributed by atoms with van der Waals surface area (Å²) < 4.78 is 10.9. The van der Waals surface area contributed by atoms with Crippen molar-refractivity contribution in [2.45, 2.75) is 38.6 Å². The lowest BCUT2D eigenvalue weighted by Gasteiger charge is -2.34. The van der Waals surface area contributed by atoms with E-state index in [2.05, 4.69) is 10.2 Å². The summed E-state index contributed by atoms with van der Waals surface area (Å²) in [6, 6.07) is 21.1. The molecule has 1 aliphatic heterocycles. The number of hydrogen-bond donors (Lipinski definition) is 2. The van der Waals surface area contributed by atoms with Crippen molar-refractivity contribution in [2.24, 2.45) is 0 Å². The molecule has 200 valence electrons. The number of nitrogens with zero attached hydrogens (tertiary/aromatic N) is 2. The van der Waals surface area contributed by atoms with Gasteiger partial charge in [0.25, 0.3) is 11.8 Å². The van der Waals surface area contributed by atoms with Gasteiger partial charge in [-0.05, 0) is 47.4 Å². The number of esters is 1. The fraction of sp³-hybridized carbons (Fsp3) is 0.267. The summed E-state index contributed by atoms with van der Waals surface area (Å²) in [6.45, 7) is 9.64. The van der Waals surface area contributed by atoms with Gasteiger partial charge in [0.05, 0.1) is 19.6 Å². The van der Waals surface area contributed by atoms with Gasteiger partial charge in [0.1, 0.15) is 6.61 Å². The molecule has 2 amide bonds. The number of amides is 2. The minimum absolute atomic E-state index is 0.0275. The molecule has 0 radical (unpaired) electrons. The molecule has 4 rings (SSSR count). The van der Waals surface area contributed by atoms with Crippen LogP contribution in [0.5, 0.6) is 0 Å². The van der Waals surface area contributed by atoms with Crippen molar-refractivity contribution in [1.29, 1.82) is 0 Å². The molecule has 0 aromatic heterocycles. The smallest absolute Gasteiger partial charge is 0.310 e. The van der Waals surface area contributed by atoms with E-state index in [4.69, 9.17) is 16.0 Å². The summed E-state index contributed by atoms with van der Waals surface area (Å²) in [5.74, 6) is -1.75. The predicted molar refractivity (Wildman–Crippen MR) is 145 cm³/mol. The SMILES string of the molecule is [C-]#[N+]c1ccc(NC(=O)[C@H](O)[C@H]2OCCN(c3cccc(CC(=O)OCc4ccccc4)c3)C2=O)cc1CC. The van der Waals surface area contributed by atoms with Gasteiger partial charge < -0.3 is 24.8 Å². The molecule has 0 bridgehead atoms. The third-order valence-electron chi connectivity index (χ3n) is 6.34. The number of aliphatic hydroxyl groups is 1. The summed E-state index contributed by atoms with van der Waals surface area (Å²) in [5.41, 5.74) is 3.74. The van der Waals surface area contributed by atoms with Crippen LogP contribution in [0.15, 0.2) is 72.8 Å². The molecule has 0 spiro atoms. The lowest BCUT2D eigenvalue weighted by atomic mass is 10.1. The minimum Gasteiger partial charge on any atom is -0.461 e. The molecular weight excluding hydrogens is 498 g/mol. The van der Waals surface area contributed by atoms with Crippen molar-refractivity contribution >= 4 is 34.8 Å². The molecule has 0 unspecified atom stereocenters. The van der Waals surface area contributed by atoms with E-state index in [-0.39, 0.29) is 26.2 Å². The van der Waals surface area contributed by atoms with Crippen molar-refractivity contribution < 1.29 is 29.0 Å². The van der Waals surface area contributed by atoms with Crippen LogP contribution in [0.4, 0.5) is 17.1 Å². The average molecular weight is 528 g/mol. The van der Waals surface area contributed by atoms with Crippen LogP contribution < -0.4 is 10.2 Å². The second-order valence-corrected chi connectivity index (χ2v) is 9.02. The van der Waals surface area contributed by atoms with Crippen molar-refractivity contribution in [2.75, 3.05) is 23.4 Å². The first kappa shape index (κ1) is 27.5. The topological polar surface area (TPSA) is 110 Å². The quantitative estimate of drug-likeness (QED) is 0.324. The molecule has 1 saturated heterocycles. The first-order valence-corrected chi connectivity index (χ1v) is 12.6. The molecule has 1 heterocycles. The maximum absolute atomic E-state index is 13.2. The average Bonchev–Trinajstić information content (AvgIpc) is 2.96. The summed E-state index contributed by atoms with van der Waals surface area (Å²) in [4.78, 5) is 43.3. The number of hydrogen-bond acceptors (Lipinski definition) is 6.